The van der Waals surface area contributed by atoms with Gasteiger partial charge in [-0.05, 0) is 36.4 Å². The van der Waals surface area contributed by atoms with Crippen LogP contribution in [-0.2, 0) is 4.79 Å². The number of primary amides is 1. The van der Waals surface area contributed by atoms with Gasteiger partial charge in [0, 0.05) is 11.5 Å². The minimum Gasteiger partial charge on any atom is -0.368 e. The van der Waals surface area contributed by atoms with Crippen LogP contribution in [0.5, 0.6) is 0 Å². The van der Waals surface area contributed by atoms with Gasteiger partial charge in [-0.25, -0.2) is 0 Å². The lowest BCUT2D eigenvalue weighted by Gasteiger charge is -2.14. The Bertz CT molecular complexity index is 242. The van der Waals surface area contributed by atoms with E-state index in [9.17, 15) is 4.79 Å². The van der Waals surface area contributed by atoms with E-state index in [0.717, 1.165) is 24.3 Å². The summed E-state index contributed by atoms with van der Waals surface area (Å²) in [5.74, 6) is 1.65. The van der Waals surface area contributed by atoms with E-state index in [4.69, 9.17) is 11.3 Å². The van der Waals surface area contributed by atoms with Gasteiger partial charge in [-0.1, -0.05) is 12.0 Å². The maximum atomic E-state index is 11.1. The van der Waals surface area contributed by atoms with Crippen molar-refractivity contribution < 1.29 is 4.79 Å². The van der Waals surface area contributed by atoms with Crippen molar-refractivity contribution in [2.45, 2.75) is 25.8 Å². The number of amides is 1. The molecule has 0 bridgehead atoms. The summed E-state index contributed by atoms with van der Waals surface area (Å²) >= 11 is 1.79. The number of nitrogens with two attached hydrogens (primary N) is 1. The number of carbonyl (C=O) groups is 1. The zero-order chi connectivity index (χ0) is 12.2. The van der Waals surface area contributed by atoms with E-state index in [1.54, 1.807) is 11.8 Å². The van der Waals surface area contributed by atoms with Crippen LogP contribution in [0.15, 0.2) is 5.11 Å². The Kier molecular flexibility index (Phi) is 10.00. The fraction of sp³-hybridized carbons (Fsp3) is 0.889. The maximum Gasteiger partial charge on any atom is 0.234 e. The summed E-state index contributed by atoms with van der Waals surface area (Å²) in [6.07, 6.45) is 1.46. The van der Waals surface area contributed by atoms with Crippen LogP contribution in [0.1, 0.15) is 19.8 Å². The zero-order valence-electron chi connectivity index (χ0n) is 9.56. The lowest BCUT2D eigenvalue weighted by atomic mass is 10.2. The molecule has 3 N–H and O–H groups in total. The molecule has 6 nitrogen and oxygen atoms in total. The van der Waals surface area contributed by atoms with E-state index in [1.807, 2.05) is 0 Å². The molecule has 7 heteroatoms. The number of thioether (sulfide) groups is 1. The van der Waals surface area contributed by atoms with Crippen molar-refractivity contribution in [1.82, 2.24) is 5.32 Å². The van der Waals surface area contributed by atoms with Crippen molar-refractivity contribution in [3.8, 4) is 0 Å². The minimum atomic E-state index is -0.319. The fourth-order valence-electron chi connectivity index (χ4n) is 1.16. The largest absolute Gasteiger partial charge is 0.368 e. The molecule has 0 heterocycles. The highest BCUT2D eigenvalue weighted by Crippen LogP contribution is 2.04. The summed E-state index contributed by atoms with van der Waals surface area (Å²) < 4.78 is 0. The van der Waals surface area contributed by atoms with Crippen LogP contribution in [0.2, 0.25) is 0 Å². The number of rotatable bonds is 10. The quantitative estimate of drug-likeness (QED) is 0.262. The second kappa shape index (κ2) is 10.6. The molecular weight excluding hydrogens is 226 g/mol. The Morgan fingerprint density at radius 3 is 3.00 bits per heavy atom. The second-order valence-corrected chi connectivity index (χ2v) is 4.60. The predicted molar refractivity (Wildman–Crippen MR) is 67.2 cm³/mol. The highest BCUT2D eigenvalue weighted by molar-refractivity contribution is 7.99. The van der Waals surface area contributed by atoms with Gasteiger partial charge in [-0.3, -0.25) is 4.79 Å². The molecule has 16 heavy (non-hydrogen) atoms. The molecule has 0 spiro atoms. The third kappa shape index (κ3) is 8.40. The van der Waals surface area contributed by atoms with Crippen molar-refractivity contribution in [1.29, 1.82) is 0 Å². The average molecular weight is 245 g/mol. The Hall–Kier alpha value is -0.910. The molecule has 0 aromatic carbocycles. The van der Waals surface area contributed by atoms with Gasteiger partial charge < -0.3 is 11.1 Å². The summed E-state index contributed by atoms with van der Waals surface area (Å²) in [5.41, 5.74) is 13.3. The topological polar surface area (TPSA) is 104 Å². The van der Waals surface area contributed by atoms with Crippen molar-refractivity contribution in [3.05, 3.63) is 10.4 Å². The van der Waals surface area contributed by atoms with E-state index >= 15 is 0 Å². The Labute approximate surface area is 100.0 Å². The van der Waals surface area contributed by atoms with Crippen LogP contribution in [0.4, 0.5) is 0 Å². The van der Waals surface area contributed by atoms with Crippen molar-refractivity contribution in [2.24, 2.45) is 10.8 Å². The monoisotopic (exact) mass is 245 g/mol. The molecule has 0 aromatic rings. The molecule has 0 fully saturated rings. The Morgan fingerprint density at radius 2 is 2.44 bits per heavy atom. The number of nitrogens with one attached hydrogen (secondary N) is 1. The number of nitrogens with zero attached hydrogens (tertiary/aromatic N) is 3. The number of azide groups is 1. The highest BCUT2D eigenvalue weighted by atomic mass is 32.2. The van der Waals surface area contributed by atoms with Gasteiger partial charge in [-0.2, -0.15) is 11.8 Å². The van der Waals surface area contributed by atoms with Crippen molar-refractivity contribution >= 4 is 17.7 Å². The standard InChI is InChI=1S/C9H19N5OS/c1-2-16-7-4-8(9(10)15)12-5-3-6-13-14-11/h8,12H,2-7H2,1H3,(H2,10,15). The first-order chi connectivity index (χ1) is 7.72. The number of carbonyl (C=O) groups excluding carboxylic acids is 1. The molecule has 1 atom stereocenters. The van der Waals surface area contributed by atoms with E-state index in [2.05, 4.69) is 22.3 Å². The third-order valence-corrected chi connectivity index (χ3v) is 2.92. The van der Waals surface area contributed by atoms with Crippen LogP contribution >= 0.6 is 11.8 Å². The lowest BCUT2D eigenvalue weighted by molar-refractivity contribution is -0.120. The molecule has 92 valence electrons. The van der Waals surface area contributed by atoms with Gasteiger partial charge in [0.15, 0.2) is 0 Å². The summed E-state index contributed by atoms with van der Waals surface area (Å²) in [7, 11) is 0. The molecule has 0 saturated heterocycles. The molecule has 1 unspecified atom stereocenters. The second-order valence-electron chi connectivity index (χ2n) is 3.20. The summed E-state index contributed by atoms with van der Waals surface area (Å²) in [5, 5.41) is 6.47. The fourth-order valence-corrected chi connectivity index (χ4v) is 1.85. The van der Waals surface area contributed by atoms with Crippen molar-refractivity contribution in [2.75, 3.05) is 24.6 Å². The van der Waals surface area contributed by atoms with Gasteiger partial charge in [0.2, 0.25) is 5.91 Å². The number of hydrogen-bond donors (Lipinski definition) is 2. The molecule has 1 amide bonds. The zero-order valence-corrected chi connectivity index (χ0v) is 10.4. The lowest BCUT2D eigenvalue weighted by Crippen LogP contribution is -2.42. The smallest absolute Gasteiger partial charge is 0.234 e. The first-order valence-electron chi connectivity index (χ1n) is 5.33. The minimum absolute atomic E-state index is 0.273. The van der Waals surface area contributed by atoms with E-state index in [-0.39, 0.29) is 11.9 Å². The van der Waals surface area contributed by atoms with E-state index < -0.39 is 0 Å². The molecule has 0 aromatic heterocycles. The van der Waals surface area contributed by atoms with Gasteiger partial charge >= 0.3 is 0 Å². The highest BCUT2D eigenvalue weighted by Gasteiger charge is 2.13. The molecule has 0 aliphatic heterocycles. The Balaban J connectivity index is 3.67. The van der Waals surface area contributed by atoms with Crippen LogP contribution < -0.4 is 11.1 Å². The van der Waals surface area contributed by atoms with Gasteiger partial charge in [0.05, 0.1) is 6.04 Å². The predicted octanol–water partition coefficient (Wildman–Crippen LogP) is 1.27. The molecular formula is C9H19N5OS. The molecule has 0 aliphatic rings. The van der Waals surface area contributed by atoms with Gasteiger partial charge in [0.25, 0.3) is 0 Å². The number of hydrogen-bond acceptors (Lipinski definition) is 4. The van der Waals surface area contributed by atoms with Crippen LogP contribution in [0.3, 0.4) is 0 Å². The van der Waals surface area contributed by atoms with Gasteiger partial charge in [0.1, 0.15) is 0 Å². The van der Waals surface area contributed by atoms with Crippen molar-refractivity contribution in [3.63, 3.8) is 0 Å². The molecule has 0 rings (SSSR count). The Morgan fingerprint density at radius 1 is 1.69 bits per heavy atom. The van der Waals surface area contributed by atoms with Crippen LogP contribution in [0.25, 0.3) is 10.4 Å². The molecule has 0 aliphatic carbocycles. The van der Waals surface area contributed by atoms with Crippen LogP contribution in [0, 0.1) is 0 Å². The van der Waals surface area contributed by atoms with Gasteiger partial charge in [-0.15, -0.1) is 0 Å². The summed E-state index contributed by atoms with van der Waals surface area (Å²) in [6.45, 7) is 3.17. The third-order valence-electron chi connectivity index (χ3n) is 1.99. The maximum absolute atomic E-state index is 11.1. The normalized spacial score (nSPS) is 11.8. The SMILES string of the molecule is CCSCCC(NCCCN=[N+]=[N-])C(N)=O. The van der Waals surface area contributed by atoms with Crippen LogP contribution in [-0.4, -0.2) is 36.5 Å². The molecule has 0 radical (unpaired) electrons. The first kappa shape index (κ1) is 15.1. The first-order valence-corrected chi connectivity index (χ1v) is 6.49. The van der Waals surface area contributed by atoms with E-state index in [1.165, 1.54) is 0 Å². The summed E-state index contributed by atoms with van der Waals surface area (Å²) in [4.78, 5) is 13.7. The summed E-state index contributed by atoms with van der Waals surface area (Å²) in [6, 6.07) is -0.273. The van der Waals surface area contributed by atoms with E-state index in [0.29, 0.717) is 13.1 Å². The average Bonchev–Trinajstić information content (AvgIpc) is 2.26. The molecule has 0 saturated carbocycles.